The predicted molar refractivity (Wildman–Crippen MR) is 75.4 cm³/mol. The number of halogens is 2. The molecule has 1 N–H and O–H groups in total. The minimum Gasteiger partial charge on any atom is -0.481 e. The van der Waals surface area contributed by atoms with E-state index in [1.54, 1.807) is 4.57 Å². The van der Waals surface area contributed by atoms with Gasteiger partial charge in [-0.25, -0.2) is 13.8 Å². The molecular formula is C14H14F2N2O2S. The molecule has 1 aliphatic carbocycles. The zero-order valence-electron chi connectivity index (χ0n) is 11.3. The zero-order valence-corrected chi connectivity index (χ0v) is 12.2. The van der Waals surface area contributed by atoms with Gasteiger partial charge in [0, 0.05) is 18.2 Å². The van der Waals surface area contributed by atoms with Crippen molar-refractivity contribution in [2.75, 3.05) is 5.75 Å². The molecular weight excluding hydrogens is 298 g/mol. The van der Waals surface area contributed by atoms with Crippen molar-refractivity contribution in [1.29, 1.82) is 0 Å². The molecule has 7 heteroatoms. The van der Waals surface area contributed by atoms with E-state index in [0.29, 0.717) is 16.6 Å². The van der Waals surface area contributed by atoms with Crippen molar-refractivity contribution in [3.8, 4) is 0 Å². The average molecular weight is 312 g/mol. The van der Waals surface area contributed by atoms with Crippen molar-refractivity contribution >= 4 is 28.8 Å². The van der Waals surface area contributed by atoms with E-state index >= 15 is 0 Å². The van der Waals surface area contributed by atoms with Gasteiger partial charge in [0.25, 0.3) is 0 Å². The normalized spacial score (nSPS) is 16.3. The lowest BCUT2D eigenvalue weighted by Gasteiger charge is -2.16. The summed E-state index contributed by atoms with van der Waals surface area (Å²) < 4.78 is 29.1. The molecule has 1 aliphatic rings. The van der Waals surface area contributed by atoms with Crippen LogP contribution in [0.1, 0.15) is 25.8 Å². The molecule has 0 bridgehead atoms. The number of imidazole rings is 1. The number of carbonyl (C=O) groups is 1. The molecule has 0 saturated heterocycles. The number of fused-ring (bicyclic) bond motifs is 1. The fourth-order valence-electron chi connectivity index (χ4n) is 2.51. The molecule has 2 aromatic rings. The van der Waals surface area contributed by atoms with Gasteiger partial charge in [-0.2, -0.15) is 0 Å². The molecule has 1 fully saturated rings. The van der Waals surface area contributed by atoms with Crippen LogP contribution in [-0.4, -0.2) is 26.4 Å². The monoisotopic (exact) mass is 312 g/mol. The van der Waals surface area contributed by atoms with Gasteiger partial charge < -0.3 is 9.67 Å². The molecule has 1 heterocycles. The molecule has 1 atom stereocenters. The highest BCUT2D eigenvalue weighted by molar-refractivity contribution is 7.99. The first kappa shape index (κ1) is 14.3. The van der Waals surface area contributed by atoms with Gasteiger partial charge in [-0.15, -0.1) is 0 Å². The molecule has 0 amide bonds. The second kappa shape index (κ2) is 5.29. The summed E-state index contributed by atoms with van der Waals surface area (Å²) in [6, 6.07) is 2.11. The number of carboxylic acid groups (broad SMARTS) is 1. The predicted octanol–water partition coefficient (Wildman–Crippen LogP) is 3.46. The first-order chi connectivity index (χ1) is 9.97. The summed E-state index contributed by atoms with van der Waals surface area (Å²) in [6.07, 6.45) is 2.14. The van der Waals surface area contributed by atoms with E-state index in [4.69, 9.17) is 5.11 Å². The minimum atomic E-state index is -0.968. The van der Waals surface area contributed by atoms with Crippen LogP contribution in [0, 0.1) is 17.6 Å². The van der Waals surface area contributed by atoms with Crippen molar-refractivity contribution in [3.63, 3.8) is 0 Å². The first-order valence-electron chi connectivity index (χ1n) is 6.69. The summed E-state index contributed by atoms with van der Waals surface area (Å²) in [7, 11) is 0. The Balaban J connectivity index is 2.12. The van der Waals surface area contributed by atoms with Crippen LogP contribution in [0.3, 0.4) is 0 Å². The number of nitrogens with zero attached hydrogens (tertiary/aromatic N) is 2. The van der Waals surface area contributed by atoms with E-state index in [-0.39, 0.29) is 17.3 Å². The van der Waals surface area contributed by atoms with Gasteiger partial charge in [0.05, 0.1) is 11.3 Å². The summed E-state index contributed by atoms with van der Waals surface area (Å²) in [5.41, 5.74) is 0.483. The fraction of sp³-hybridized carbons (Fsp3) is 0.429. The quantitative estimate of drug-likeness (QED) is 0.859. The summed E-state index contributed by atoms with van der Waals surface area (Å²) in [4.78, 5) is 14.9. The van der Waals surface area contributed by atoms with Crippen molar-refractivity contribution in [2.24, 2.45) is 5.92 Å². The van der Waals surface area contributed by atoms with E-state index in [9.17, 15) is 13.6 Å². The molecule has 1 saturated carbocycles. The Morgan fingerprint density at radius 3 is 2.86 bits per heavy atom. The Labute approximate surface area is 124 Å². The maximum Gasteiger partial charge on any atom is 0.313 e. The fourth-order valence-corrected chi connectivity index (χ4v) is 3.32. The Morgan fingerprint density at radius 1 is 1.52 bits per heavy atom. The molecule has 0 radical (unpaired) electrons. The highest BCUT2D eigenvalue weighted by Gasteiger charge is 2.32. The molecule has 112 valence electrons. The molecule has 0 aliphatic heterocycles. The number of rotatable bonds is 5. The highest BCUT2D eigenvalue weighted by Crippen LogP contribution is 2.42. The number of carboxylic acids is 1. The number of hydrogen-bond acceptors (Lipinski definition) is 3. The lowest BCUT2D eigenvalue weighted by Crippen LogP contribution is -2.10. The van der Waals surface area contributed by atoms with E-state index in [1.165, 1.54) is 6.07 Å². The van der Waals surface area contributed by atoms with Crippen molar-refractivity contribution in [2.45, 2.75) is 31.0 Å². The number of hydrogen-bond donors (Lipinski definition) is 1. The van der Waals surface area contributed by atoms with E-state index in [0.717, 1.165) is 30.7 Å². The number of thioether (sulfide) groups is 1. The van der Waals surface area contributed by atoms with Gasteiger partial charge in [0.2, 0.25) is 0 Å². The number of aliphatic carboxylic acids is 1. The summed E-state index contributed by atoms with van der Waals surface area (Å²) in [5, 5.41) is 9.23. The van der Waals surface area contributed by atoms with Crippen LogP contribution < -0.4 is 0 Å². The van der Waals surface area contributed by atoms with Crippen LogP contribution in [0.4, 0.5) is 8.78 Å². The largest absolute Gasteiger partial charge is 0.481 e. The lowest BCUT2D eigenvalue weighted by atomic mass is 10.2. The van der Waals surface area contributed by atoms with Crippen molar-refractivity contribution in [1.82, 2.24) is 9.55 Å². The highest BCUT2D eigenvalue weighted by atomic mass is 32.2. The van der Waals surface area contributed by atoms with Gasteiger partial charge in [-0.3, -0.25) is 4.79 Å². The number of benzene rings is 1. The molecule has 1 unspecified atom stereocenters. The Bertz CT molecular complexity index is 713. The molecule has 1 aromatic heterocycles. The van der Waals surface area contributed by atoms with Crippen LogP contribution in [0.2, 0.25) is 0 Å². The Morgan fingerprint density at radius 2 is 2.24 bits per heavy atom. The SMILES string of the molecule is CC(C1CC1)n1c(SCC(=O)O)nc2c(F)cc(F)cc21. The van der Waals surface area contributed by atoms with Crippen LogP contribution in [0.25, 0.3) is 11.0 Å². The summed E-state index contributed by atoms with van der Waals surface area (Å²) in [6.45, 7) is 1.98. The standard InChI is InChI=1S/C14H14F2N2O2S/c1-7(8-2-3-8)18-11-5-9(15)4-10(16)13(11)17-14(18)21-6-12(19)20/h4-5,7-8H,2-3,6H2,1H3,(H,19,20). The second-order valence-corrected chi connectivity index (χ2v) is 6.22. The van der Waals surface area contributed by atoms with Crippen molar-refractivity contribution < 1.29 is 18.7 Å². The molecule has 3 rings (SSSR count). The van der Waals surface area contributed by atoms with Crippen LogP contribution in [-0.2, 0) is 4.79 Å². The smallest absolute Gasteiger partial charge is 0.313 e. The Hall–Kier alpha value is -1.63. The summed E-state index contributed by atoms with van der Waals surface area (Å²) in [5.74, 6) is -2.05. The van der Waals surface area contributed by atoms with Gasteiger partial charge in [-0.1, -0.05) is 11.8 Å². The third-order valence-corrected chi connectivity index (χ3v) is 4.65. The van der Waals surface area contributed by atoms with E-state index < -0.39 is 17.6 Å². The molecule has 0 spiro atoms. The van der Waals surface area contributed by atoms with E-state index in [1.807, 2.05) is 6.92 Å². The van der Waals surface area contributed by atoms with E-state index in [2.05, 4.69) is 4.98 Å². The zero-order chi connectivity index (χ0) is 15.1. The lowest BCUT2D eigenvalue weighted by molar-refractivity contribution is -0.133. The number of aromatic nitrogens is 2. The second-order valence-electron chi connectivity index (χ2n) is 5.28. The van der Waals surface area contributed by atoms with Crippen LogP contribution in [0.15, 0.2) is 17.3 Å². The minimum absolute atomic E-state index is 0.0486. The first-order valence-corrected chi connectivity index (χ1v) is 7.67. The van der Waals surface area contributed by atoms with Gasteiger partial charge >= 0.3 is 5.97 Å². The third kappa shape index (κ3) is 2.74. The molecule has 4 nitrogen and oxygen atoms in total. The van der Waals surface area contributed by atoms with Gasteiger partial charge in [0.1, 0.15) is 11.3 Å². The molecule has 21 heavy (non-hydrogen) atoms. The Kier molecular flexibility index (Phi) is 3.61. The third-order valence-electron chi connectivity index (χ3n) is 3.72. The topological polar surface area (TPSA) is 55.1 Å². The van der Waals surface area contributed by atoms with Gasteiger partial charge in [0.15, 0.2) is 11.0 Å². The maximum absolute atomic E-state index is 13.9. The van der Waals surface area contributed by atoms with Crippen LogP contribution >= 0.6 is 11.8 Å². The van der Waals surface area contributed by atoms with Crippen molar-refractivity contribution in [3.05, 3.63) is 23.8 Å². The summed E-state index contributed by atoms with van der Waals surface area (Å²) >= 11 is 1.03. The molecule has 1 aromatic carbocycles. The average Bonchev–Trinajstić information content (AvgIpc) is 3.17. The maximum atomic E-state index is 13.9. The van der Waals surface area contributed by atoms with Crippen LogP contribution in [0.5, 0.6) is 0 Å². The van der Waals surface area contributed by atoms with Gasteiger partial charge in [-0.05, 0) is 25.7 Å².